The largest absolute Gasteiger partial charge is 0.336 e. The van der Waals surface area contributed by atoms with Crippen LogP contribution >= 0.6 is 0 Å². The Morgan fingerprint density at radius 2 is 1.87 bits per heavy atom. The Balaban J connectivity index is 2.01. The molecule has 0 aromatic heterocycles. The Hall–Kier alpha value is -0.770. The maximum absolute atomic E-state index is 11.8. The monoisotopic (exact) mass is 211 g/mol. The number of hydrogen-bond donors (Lipinski definition) is 1. The third-order valence-corrected chi connectivity index (χ3v) is 3.20. The molecule has 4 nitrogen and oxygen atoms in total. The summed E-state index contributed by atoms with van der Waals surface area (Å²) in [5.41, 5.74) is 0.186. The van der Waals surface area contributed by atoms with Crippen LogP contribution < -0.4 is 5.32 Å². The molecular formula is C11H21N3O. The molecule has 2 aliphatic heterocycles. The van der Waals surface area contributed by atoms with E-state index in [4.69, 9.17) is 0 Å². The summed E-state index contributed by atoms with van der Waals surface area (Å²) in [4.78, 5) is 11.8. The Morgan fingerprint density at radius 3 is 2.53 bits per heavy atom. The van der Waals surface area contributed by atoms with Gasteiger partial charge in [-0.2, -0.15) is 0 Å². The summed E-state index contributed by atoms with van der Waals surface area (Å²) < 4.78 is 0. The van der Waals surface area contributed by atoms with Crippen molar-refractivity contribution < 1.29 is 4.79 Å². The second kappa shape index (κ2) is 4.00. The number of hydrazine groups is 1. The van der Waals surface area contributed by atoms with Gasteiger partial charge >= 0.3 is 6.03 Å². The standard InChI is InChI=1S/C11H21N3O/c1-11(2)8-12-10(15)14(9-11)13-6-4-3-5-7-13/h3-9H2,1-2H3,(H,12,15). The first-order valence-corrected chi connectivity index (χ1v) is 5.89. The molecule has 15 heavy (non-hydrogen) atoms. The number of carbonyl (C=O) groups excluding carboxylic acids is 1. The van der Waals surface area contributed by atoms with Gasteiger partial charge in [-0.3, -0.25) is 5.01 Å². The molecule has 2 heterocycles. The van der Waals surface area contributed by atoms with Crippen LogP contribution in [0.4, 0.5) is 4.79 Å². The van der Waals surface area contributed by atoms with Crippen LogP contribution in [0, 0.1) is 5.41 Å². The summed E-state index contributed by atoms with van der Waals surface area (Å²) in [5.74, 6) is 0. The summed E-state index contributed by atoms with van der Waals surface area (Å²) in [6.45, 7) is 8.09. The number of rotatable bonds is 1. The van der Waals surface area contributed by atoms with E-state index in [2.05, 4.69) is 24.2 Å². The molecule has 2 rings (SSSR count). The van der Waals surface area contributed by atoms with Crippen LogP contribution in [0.5, 0.6) is 0 Å². The molecule has 4 heteroatoms. The first-order valence-electron chi connectivity index (χ1n) is 5.89. The lowest BCUT2D eigenvalue weighted by Crippen LogP contribution is -2.61. The average Bonchev–Trinajstić information content (AvgIpc) is 2.23. The highest BCUT2D eigenvalue weighted by Crippen LogP contribution is 2.23. The van der Waals surface area contributed by atoms with Gasteiger partial charge in [0.25, 0.3) is 0 Å². The van der Waals surface area contributed by atoms with Gasteiger partial charge < -0.3 is 5.32 Å². The fourth-order valence-electron chi connectivity index (χ4n) is 2.29. The normalized spacial score (nSPS) is 27.6. The number of nitrogens with one attached hydrogen (secondary N) is 1. The molecule has 0 bridgehead atoms. The highest BCUT2D eigenvalue weighted by atomic mass is 16.2. The lowest BCUT2D eigenvalue weighted by Gasteiger charge is -2.45. The zero-order chi connectivity index (χ0) is 10.9. The summed E-state index contributed by atoms with van der Waals surface area (Å²) >= 11 is 0. The van der Waals surface area contributed by atoms with Gasteiger partial charge in [-0.25, -0.2) is 9.80 Å². The fourth-order valence-corrected chi connectivity index (χ4v) is 2.29. The number of piperidine rings is 1. The molecule has 0 aliphatic carbocycles. The molecular weight excluding hydrogens is 190 g/mol. The molecule has 2 fully saturated rings. The molecule has 0 unspecified atom stereocenters. The van der Waals surface area contributed by atoms with Gasteiger partial charge in [0, 0.05) is 31.6 Å². The molecule has 0 radical (unpaired) electrons. The van der Waals surface area contributed by atoms with E-state index in [9.17, 15) is 4.79 Å². The predicted octanol–water partition coefficient (Wildman–Crippen LogP) is 1.44. The number of hydrogen-bond acceptors (Lipinski definition) is 2. The van der Waals surface area contributed by atoms with Crippen LogP contribution in [-0.2, 0) is 0 Å². The quantitative estimate of drug-likeness (QED) is 0.712. The number of urea groups is 1. The van der Waals surface area contributed by atoms with Crippen molar-refractivity contribution in [1.29, 1.82) is 0 Å². The van der Waals surface area contributed by atoms with Crippen molar-refractivity contribution in [2.75, 3.05) is 26.2 Å². The molecule has 0 spiro atoms. The van der Waals surface area contributed by atoms with Crippen LogP contribution in [0.15, 0.2) is 0 Å². The topological polar surface area (TPSA) is 35.6 Å². The van der Waals surface area contributed by atoms with Crippen LogP contribution in [0.3, 0.4) is 0 Å². The zero-order valence-electron chi connectivity index (χ0n) is 9.75. The maximum Gasteiger partial charge on any atom is 0.331 e. The van der Waals surface area contributed by atoms with Crippen molar-refractivity contribution in [3.63, 3.8) is 0 Å². The summed E-state index contributed by atoms with van der Waals surface area (Å²) in [7, 11) is 0. The van der Waals surface area contributed by atoms with Gasteiger partial charge in [0.1, 0.15) is 0 Å². The zero-order valence-corrected chi connectivity index (χ0v) is 9.75. The van der Waals surface area contributed by atoms with Crippen LogP contribution in [0.2, 0.25) is 0 Å². The number of amides is 2. The lowest BCUT2D eigenvalue weighted by molar-refractivity contribution is -0.0370. The maximum atomic E-state index is 11.8. The van der Waals surface area contributed by atoms with E-state index in [1.54, 1.807) is 0 Å². The highest BCUT2D eigenvalue weighted by molar-refractivity contribution is 5.74. The third kappa shape index (κ3) is 2.43. The molecule has 0 saturated carbocycles. The third-order valence-electron chi connectivity index (χ3n) is 3.20. The minimum Gasteiger partial charge on any atom is -0.336 e. The summed E-state index contributed by atoms with van der Waals surface area (Å²) in [6, 6.07) is 0.0798. The van der Waals surface area contributed by atoms with Crippen molar-refractivity contribution in [1.82, 2.24) is 15.3 Å². The van der Waals surface area contributed by atoms with Crippen molar-refractivity contribution >= 4 is 6.03 Å². The van der Waals surface area contributed by atoms with Crippen molar-refractivity contribution in [2.45, 2.75) is 33.1 Å². The molecule has 0 aromatic carbocycles. The predicted molar refractivity (Wildman–Crippen MR) is 59.3 cm³/mol. The van der Waals surface area contributed by atoms with E-state index >= 15 is 0 Å². The van der Waals surface area contributed by atoms with Crippen LogP contribution in [0.1, 0.15) is 33.1 Å². The first kappa shape index (κ1) is 10.7. The second-order valence-electron chi connectivity index (χ2n) is 5.39. The number of carbonyl (C=O) groups is 1. The molecule has 86 valence electrons. The van der Waals surface area contributed by atoms with Crippen molar-refractivity contribution in [3.8, 4) is 0 Å². The Bertz CT molecular complexity index is 246. The fraction of sp³-hybridized carbons (Fsp3) is 0.909. The van der Waals surface area contributed by atoms with E-state index in [1.165, 1.54) is 19.3 Å². The molecule has 2 aliphatic rings. The van der Waals surface area contributed by atoms with Gasteiger partial charge in [0.15, 0.2) is 0 Å². The van der Waals surface area contributed by atoms with E-state index in [0.717, 1.165) is 26.2 Å². The number of nitrogens with zero attached hydrogens (tertiary/aromatic N) is 2. The van der Waals surface area contributed by atoms with Gasteiger partial charge in [0.05, 0.1) is 0 Å². The van der Waals surface area contributed by atoms with E-state index in [0.29, 0.717) is 0 Å². The van der Waals surface area contributed by atoms with E-state index in [-0.39, 0.29) is 11.4 Å². The van der Waals surface area contributed by atoms with Gasteiger partial charge in [-0.15, -0.1) is 0 Å². The Kier molecular flexibility index (Phi) is 2.87. The molecule has 0 aromatic rings. The SMILES string of the molecule is CC1(C)CNC(=O)N(N2CCCCC2)C1. The van der Waals surface area contributed by atoms with Crippen LogP contribution in [-0.4, -0.2) is 42.2 Å². The lowest BCUT2D eigenvalue weighted by atomic mass is 9.92. The Labute approximate surface area is 91.6 Å². The first-order chi connectivity index (χ1) is 7.08. The van der Waals surface area contributed by atoms with E-state index in [1.807, 2.05) is 5.01 Å². The van der Waals surface area contributed by atoms with Crippen molar-refractivity contribution in [3.05, 3.63) is 0 Å². The molecule has 0 atom stereocenters. The summed E-state index contributed by atoms with van der Waals surface area (Å²) in [5, 5.41) is 7.08. The molecule has 2 saturated heterocycles. The molecule has 2 amide bonds. The average molecular weight is 211 g/mol. The minimum atomic E-state index is 0.0798. The van der Waals surface area contributed by atoms with E-state index < -0.39 is 0 Å². The second-order valence-corrected chi connectivity index (χ2v) is 5.39. The van der Waals surface area contributed by atoms with Gasteiger partial charge in [-0.05, 0) is 12.8 Å². The summed E-state index contributed by atoms with van der Waals surface area (Å²) in [6.07, 6.45) is 3.73. The van der Waals surface area contributed by atoms with Crippen LogP contribution in [0.25, 0.3) is 0 Å². The smallest absolute Gasteiger partial charge is 0.331 e. The molecule has 1 N–H and O–H groups in total. The highest BCUT2D eigenvalue weighted by Gasteiger charge is 2.34. The van der Waals surface area contributed by atoms with Gasteiger partial charge in [0.2, 0.25) is 0 Å². The van der Waals surface area contributed by atoms with Gasteiger partial charge in [-0.1, -0.05) is 20.3 Å². The Morgan fingerprint density at radius 1 is 1.20 bits per heavy atom. The minimum absolute atomic E-state index is 0.0798. The van der Waals surface area contributed by atoms with Crippen molar-refractivity contribution in [2.24, 2.45) is 5.41 Å².